The second-order valence-corrected chi connectivity index (χ2v) is 7.89. The maximum absolute atomic E-state index is 6.06. The highest BCUT2D eigenvalue weighted by molar-refractivity contribution is 4.92. The maximum atomic E-state index is 6.06. The molecule has 2 bridgehead atoms. The average Bonchev–Trinajstić information content (AvgIpc) is 3.02. The fourth-order valence-electron chi connectivity index (χ4n) is 5.75. The van der Waals surface area contributed by atoms with Gasteiger partial charge in [0.1, 0.15) is 0 Å². The minimum Gasteiger partial charge on any atom is -0.330 e. The Kier molecular flexibility index (Phi) is 4.51. The molecule has 1 heteroatoms. The van der Waals surface area contributed by atoms with Gasteiger partial charge in [-0.25, -0.2) is 0 Å². The third-order valence-corrected chi connectivity index (χ3v) is 6.74. The molecule has 1 nitrogen and oxygen atoms in total. The summed E-state index contributed by atoms with van der Waals surface area (Å²) < 4.78 is 0. The molecule has 6 unspecified atom stereocenters. The first kappa shape index (κ1) is 13.9. The zero-order valence-corrected chi connectivity index (χ0v) is 12.8. The van der Waals surface area contributed by atoms with E-state index in [2.05, 4.69) is 6.92 Å². The molecule has 6 atom stereocenters. The van der Waals surface area contributed by atoms with Crippen LogP contribution in [-0.2, 0) is 0 Å². The molecule has 2 N–H and O–H groups in total. The molecule has 0 aliphatic heterocycles. The van der Waals surface area contributed by atoms with E-state index in [-0.39, 0.29) is 0 Å². The van der Waals surface area contributed by atoms with Crippen molar-refractivity contribution in [3.05, 3.63) is 0 Å². The van der Waals surface area contributed by atoms with Gasteiger partial charge in [-0.2, -0.15) is 0 Å². The van der Waals surface area contributed by atoms with Gasteiger partial charge in [-0.1, -0.05) is 32.6 Å². The number of hydrogen-bond donors (Lipinski definition) is 1. The molecule has 0 spiro atoms. The van der Waals surface area contributed by atoms with Crippen molar-refractivity contribution in [2.24, 2.45) is 41.2 Å². The largest absolute Gasteiger partial charge is 0.330 e. The van der Waals surface area contributed by atoms with Gasteiger partial charge in [0.15, 0.2) is 0 Å². The molecule has 0 aromatic carbocycles. The van der Waals surface area contributed by atoms with Crippen LogP contribution in [0, 0.1) is 35.5 Å². The van der Waals surface area contributed by atoms with Crippen LogP contribution >= 0.6 is 0 Å². The summed E-state index contributed by atoms with van der Waals surface area (Å²) in [6.07, 6.45) is 15.0. The van der Waals surface area contributed by atoms with E-state index in [9.17, 15) is 0 Å². The van der Waals surface area contributed by atoms with Gasteiger partial charge in [0, 0.05) is 0 Å². The molecule has 110 valence electrons. The average molecular weight is 263 g/mol. The number of hydrogen-bond acceptors (Lipinski definition) is 1. The van der Waals surface area contributed by atoms with Gasteiger partial charge in [0.2, 0.25) is 0 Å². The summed E-state index contributed by atoms with van der Waals surface area (Å²) in [6.45, 7) is 3.30. The Balaban J connectivity index is 1.56. The monoisotopic (exact) mass is 263 g/mol. The van der Waals surface area contributed by atoms with Gasteiger partial charge in [0.25, 0.3) is 0 Å². The standard InChI is InChI=1S/C18H33N/c1-2-3-13-4-7-16(12-19)18(8-13)11-17-10-14-5-6-15(17)9-14/h13-18H,2-12,19H2,1H3. The highest BCUT2D eigenvalue weighted by Gasteiger charge is 2.41. The van der Waals surface area contributed by atoms with Crippen LogP contribution < -0.4 is 5.73 Å². The molecule has 3 aliphatic rings. The van der Waals surface area contributed by atoms with Gasteiger partial charge >= 0.3 is 0 Å². The van der Waals surface area contributed by atoms with Crippen LogP contribution in [0.15, 0.2) is 0 Å². The Morgan fingerprint density at radius 1 is 0.895 bits per heavy atom. The smallest absolute Gasteiger partial charge is 0.00462 e. The summed E-state index contributed by atoms with van der Waals surface area (Å²) in [6, 6.07) is 0. The van der Waals surface area contributed by atoms with Crippen LogP contribution in [0.5, 0.6) is 0 Å². The van der Waals surface area contributed by atoms with E-state index >= 15 is 0 Å². The minimum absolute atomic E-state index is 0.854. The van der Waals surface area contributed by atoms with Crippen molar-refractivity contribution in [1.82, 2.24) is 0 Å². The quantitative estimate of drug-likeness (QED) is 0.770. The Bertz CT molecular complexity index is 287. The van der Waals surface area contributed by atoms with E-state index < -0.39 is 0 Å². The van der Waals surface area contributed by atoms with Crippen LogP contribution in [0.4, 0.5) is 0 Å². The number of fused-ring (bicyclic) bond motifs is 2. The summed E-state index contributed by atoms with van der Waals surface area (Å²) in [5, 5.41) is 0. The first-order valence-corrected chi connectivity index (χ1v) is 9.00. The Hall–Kier alpha value is -0.0400. The molecule has 0 aromatic heterocycles. The molecule has 19 heavy (non-hydrogen) atoms. The summed E-state index contributed by atoms with van der Waals surface area (Å²) in [5.41, 5.74) is 6.06. The fraction of sp³-hybridized carbons (Fsp3) is 1.00. The minimum atomic E-state index is 0.854. The molecule has 3 aliphatic carbocycles. The molecule has 0 radical (unpaired) electrons. The van der Waals surface area contributed by atoms with Gasteiger partial charge in [-0.15, -0.1) is 0 Å². The van der Waals surface area contributed by atoms with E-state index in [0.717, 1.165) is 42.1 Å². The molecule has 3 saturated carbocycles. The predicted octanol–water partition coefficient (Wildman–Crippen LogP) is 4.60. The lowest BCUT2D eigenvalue weighted by atomic mass is 9.68. The topological polar surface area (TPSA) is 26.0 Å². The van der Waals surface area contributed by atoms with Gasteiger partial charge in [0.05, 0.1) is 0 Å². The normalized spacial score (nSPS) is 45.8. The van der Waals surface area contributed by atoms with E-state index in [1.54, 1.807) is 25.7 Å². The van der Waals surface area contributed by atoms with Crippen molar-refractivity contribution in [3.63, 3.8) is 0 Å². The van der Waals surface area contributed by atoms with E-state index in [4.69, 9.17) is 5.73 Å². The predicted molar refractivity (Wildman–Crippen MR) is 81.8 cm³/mol. The van der Waals surface area contributed by atoms with Crippen molar-refractivity contribution < 1.29 is 0 Å². The van der Waals surface area contributed by atoms with Crippen LogP contribution in [-0.4, -0.2) is 6.54 Å². The summed E-state index contributed by atoms with van der Waals surface area (Å²) in [4.78, 5) is 0. The van der Waals surface area contributed by atoms with E-state index in [0.29, 0.717) is 0 Å². The van der Waals surface area contributed by atoms with Crippen LogP contribution in [0.3, 0.4) is 0 Å². The number of rotatable bonds is 5. The first-order chi connectivity index (χ1) is 9.30. The SMILES string of the molecule is CCCC1CCC(CN)C(CC2CC3CCC2C3)C1. The third kappa shape index (κ3) is 3.01. The van der Waals surface area contributed by atoms with Gasteiger partial charge < -0.3 is 5.73 Å². The highest BCUT2D eigenvalue weighted by Crippen LogP contribution is 2.52. The van der Waals surface area contributed by atoms with Crippen LogP contribution in [0.25, 0.3) is 0 Å². The van der Waals surface area contributed by atoms with Crippen molar-refractivity contribution >= 4 is 0 Å². The van der Waals surface area contributed by atoms with E-state index in [1.165, 1.54) is 38.5 Å². The van der Waals surface area contributed by atoms with Crippen molar-refractivity contribution in [2.45, 2.75) is 71.1 Å². The second-order valence-electron chi connectivity index (χ2n) is 7.89. The van der Waals surface area contributed by atoms with Crippen molar-refractivity contribution in [2.75, 3.05) is 6.54 Å². The van der Waals surface area contributed by atoms with Crippen LogP contribution in [0.1, 0.15) is 71.1 Å². The summed E-state index contributed by atoms with van der Waals surface area (Å²) >= 11 is 0. The molecule has 0 saturated heterocycles. The molecule has 0 amide bonds. The summed E-state index contributed by atoms with van der Waals surface area (Å²) in [5.74, 6) is 6.15. The first-order valence-electron chi connectivity index (χ1n) is 9.00. The zero-order valence-electron chi connectivity index (χ0n) is 12.8. The maximum Gasteiger partial charge on any atom is -0.00462 e. The molecule has 3 rings (SSSR count). The van der Waals surface area contributed by atoms with Crippen LogP contribution in [0.2, 0.25) is 0 Å². The second kappa shape index (κ2) is 6.16. The van der Waals surface area contributed by atoms with E-state index in [1.807, 2.05) is 0 Å². The lowest BCUT2D eigenvalue weighted by molar-refractivity contribution is 0.132. The summed E-state index contributed by atoms with van der Waals surface area (Å²) in [7, 11) is 0. The molecular weight excluding hydrogens is 230 g/mol. The van der Waals surface area contributed by atoms with Crippen molar-refractivity contribution in [3.8, 4) is 0 Å². The molecule has 3 fully saturated rings. The van der Waals surface area contributed by atoms with Gasteiger partial charge in [-0.3, -0.25) is 0 Å². The molecular formula is C18H33N. The molecule has 0 heterocycles. The lowest BCUT2D eigenvalue weighted by Gasteiger charge is -2.38. The van der Waals surface area contributed by atoms with Crippen molar-refractivity contribution in [1.29, 1.82) is 0 Å². The fourth-order valence-corrected chi connectivity index (χ4v) is 5.75. The highest BCUT2D eigenvalue weighted by atomic mass is 14.6. The van der Waals surface area contributed by atoms with Gasteiger partial charge in [-0.05, 0) is 80.6 Å². The Morgan fingerprint density at radius 3 is 2.42 bits per heavy atom. The lowest BCUT2D eigenvalue weighted by Crippen LogP contribution is -2.32. The Labute approximate surface area is 119 Å². The molecule has 0 aromatic rings. The Morgan fingerprint density at radius 2 is 1.79 bits per heavy atom. The number of nitrogens with two attached hydrogens (primary N) is 1. The zero-order chi connectivity index (χ0) is 13.2. The third-order valence-electron chi connectivity index (χ3n) is 6.74.